The largest absolute Gasteiger partial charge is 0.460 e. The molecular weight excluding hydrogens is 338 g/mol. The molecule has 1 N–H and O–H groups in total. The van der Waals surface area contributed by atoms with Gasteiger partial charge in [0, 0.05) is 5.02 Å². The summed E-state index contributed by atoms with van der Waals surface area (Å²) in [6.07, 6.45) is 0. The van der Waals surface area contributed by atoms with Gasteiger partial charge >= 0.3 is 5.97 Å². The third-order valence-electron chi connectivity index (χ3n) is 3.03. The Labute approximate surface area is 140 Å². The number of halogens is 1. The van der Waals surface area contributed by atoms with E-state index < -0.39 is 22.0 Å². The summed E-state index contributed by atoms with van der Waals surface area (Å²) in [6, 6.07) is 13.8. The maximum atomic E-state index is 12.2. The van der Waals surface area contributed by atoms with Crippen LogP contribution in [0.25, 0.3) is 0 Å². The Morgan fingerprint density at radius 3 is 2.35 bits per heavy atom. The first-order valence-electron chi connectivity index (χ1n) is 6.87. The average molecular weight is 354 g/mol. The number of carbonyl (C=O) groups is 1. The van der Waals surface area contributed by atoms with Crippen LogP contribution in [0.3, 0.4) is 0 Å². The number of hydrogen-bond donors (Lipinski definition) is 1. The average Bonchev–Trinajstić information content (AvgIpc) is 2.53. The molecule has 2 rings (SSSR count). The Bertz CT molecular complexity index is 760. The quantitative estimate of drug-likeness (QED) is 0.810. The van der Waals surface area contributed by atoms with Crippen molar-refractivity contribution in [2.45, 2.75) is 24.5 Å². The van der Waals surface area contributed by atoms with Crippen LogP contribution in [0, 0.1) is 0 Å². The van der Waals surface area contributed by atoms with Gasteiger partial charge in [-0.25, -0.2) is 8.42 Å². The van der Waals surface area contributed by atoms with Gasteiger partial charge in [0.1, 0.15) is 12.6 Å². The van der Waals surface area contributed by atoms with Gasteiger partial charge in [-0.05, 0) is 36.8 Å². The molecule has 23 heavy (non-hydrogen) atoms. The summed E-state index contributed by atoms with van der Waals surface area (Å²) in [6.45, 7) is 1.52. The molecule has 7 heteroatoms. The fourth-order valence-corrected chi connectivity index (χ4v) is 3.13. The highest BCUT2D eigenvalue weighted by Crippen LogP contribution is 2.14. The van der Waals surface area contributed by atoms with E-state index in [4.69, 9.17) is 16.3 Å². The highest BCUT2D eigenvalue weighted by atomic mass is 35.5. The van der Waals surface area contributed by atoms with Gasteiger partial charge in [-0.3, -0.25) is 4.79 Å². The summed E-state index contributed by atoms with van der Waals surface area (Å²) < 4.78 is 31.7. The minimum absolute atomic E-state index is 0.0320. The Kier molecular flexibility index (Phi) is 5.76. The summed E-state index contributed by atoms with van der Waals surface area (Å²) in [4.78, 5) is 11.9. The fraction of sp³-hybridized carbons (Fsp3) is 0.188. The number of ether oxygens (including phenoxy) is 1. The first kappa shape index (κ1) is 17.5. The summed E-state index contributed by atoms with van der Waals surface area (Å²) in [5.74, 6) is -0.647. The zero-order chi connectivity index (χ0) is 16.9. The second-order valence-corrected chi connectivity index (χ2v) is 7.04. The predicted molar refractivity (Wildman–Crippen MR) is 87.5 cm³/mol. The molecule has 0 unspecified atom stereocenters. The molecule has 0 saturated heterocycles. The van der Waals surface area contributed by atoms with E-state index in [0.29, 0.717) is 5.02 Å². The lowest BCUT2D eigenvalue weighted by molar-refractivity contribution is -0.146. The molecule has 0 aromatic heterocycles. The van der Waals surface area contributed by atoms with Gasteiger partial charge < -0.3 is 4.74 Å². The van der Waals surface area contributed by atoms with Crippen molar-refractivity contribution in [1.82, 2.24) is 4.72 Å². The van der Waals surface area contributed by atoms with Crippen molar-refractivity contribution in [3.63, 3.8) is 0 Å². The van der Waals surface area contributed by atoms with Crippen LogP contribution in [0.15, 0.2) is 59.5 Å². The molecule has 0 amide bonds. The van der Waals surface area contributed by atoms with Crippen LogP contribution in [0.2, 0.25) is 5.02 Å². The smallest absolute Gasteiger partial charge is 0.324 e. The van der Waals surface area contributed by atoms with Gasteiger partial charge in [0.15, 0.2) is 0 Å². The summed E-state index contributed by atoms with van der Waals surface area (Å²) in [5.41, 5.74) is 0.827. The number of carbonyl (C=O) groups excluding carboxylic acids is 1. The lowest BCUT2D eigenvalue weighted by Crippen LogP contribution is -2.39. The second kappa shape index (κ2) is 7.59. The topological polar surface area (TPSA) is 72.5 Å². The first-order valence-corrected chi connectivity index (χ1v) is 8.73. The summed E-state index contributed by atoms with van der Waals surface area (Å²) in [5, 5.41) is 0.430. The Morgan fingerprint density at radius 2 is 1.74 bits per heavy atom. The maximum Gasteiger partial charge on any atom is 0.324 e. The van der Waals surface area contributed by atoms with Crippen molar-refractivity contribution in [2.24, 2.45) is 0 Å². The normalized spacial score (nSPS) is 12.6. The Hall–Kier alpha value is -1.89. The molecule has 0 bridgehead atoms. The monoisotopic (exact) mass is 353 g/mol. The molecule has 0 radical (unpaired) electrons. The Balaban J connectivity index is 1.96. The van der Waals surface area contributed by atoms with Crippen molar-refractivity contribution in [2.75, 3.05) is 0 Å². The van der Waals surface area contributed by atoms with Gasteiger partial charge in [0.05, 0.1) is 4.90 Å². The van der Waals surface area contributed by atoms with Gasteiger partial charge in [-0.2, -0.15) is 4.72 Å². The first-order chi connectivity index (χ1) is 10.9. The van der Waals surface area contributed by atoms with Crippen LogP contribution in [0.1, 0.15) is 12.5 Å². The molecule has 122 valence electrons. The van der Waals surface area contributed by atoms with E-state index in [-0.39, 0.29) is 11.5 Å². The van der Waals surface area contributed by atoms with Crippen LogP contribution in [0.5, 0.6) is 0 Å². The minimum atomic E-state index is -3.81. The van der Waals surface area contributed by atoms with E-state index in [2.05, 4.69) is 4.72 Å². The number of nitrogens with one attached hydrogen (secondary N) is 1. The van der Waals surface area contributed by atoms with Crippen LogP contribution in [0.4, 0.5) is 0 Å². The van der Waals surface area contributed by atoms with Gasteiger partial charge in [0.2, 0.25) is 10.0 Å². The minimum Gasteiger partial charge on any atom is -0.460 e. The SMILES string of the molecule is C[C@H](NS(=O)(=O)c1ccc(Cl)cc1)C(=O)OCc1ccccc1. The van der Waals surface area contributed by atoms with Crippen molar-refractivity contribution in [3.05, 3.63) is 65.2 Å². The predicted octanol–water partition coefficient (Wildman–Crippen LogP) is 2.75. The van der Waals surface area contributed by atoms with Gasteiger partial charge in [0.25, 0.3) is 0 Å². The number of hydrogen-bond acceptors (Lipinski definition) is 4. The number of esters is 1. The molecule has 5 nitrogen and oxygen atoms in total. The molecule has 2 aromatic carbocycles. The lowest BCUT2D eigenvalue weighted by Gasteiger charge is -2.14. The van der Waals surface area contributed by atoms with E-state index in [1.807, 2.05) is 30.3 Å². The van der Waals surface area contributed by atoms with Crippen molar-refractivity contribution < 1.29 is 17.9 Å². The van der Waals surface area contributed by atoms with E-state index in [9.17, 15) is 13.2 Å². The zero-order valence-electron chi connectivity index (χ0n) is 12.4. The second-order valence-electron chi connectivity index (χ2n) is 4.89. The molecule has 0 saturated carbocycles. The molecule has 0 aliphatic rings. The molecular formula is C16H16ClNO4S. The zero-order valence-corrected chi connectivity index (χ0v) is 14.0. The lowest BCUT2D eigenvalue weighted by atomic mass is 10.2. The fourth-order valence-electron chi connectivity index (χ4n) is 1.82. The van der Waals surface area contributed by atoms with Gasteiger partial charge in [-0.1, -0.05) is 41.9 Å². The van der Waals surface area contributed by atoms with Crippen LogP contribution in [-0.4, -0.2) is 20.4 Å². The van der Waals surface area contributed by atoms with Crippen LogP contribution < -0.4 is 4.72 Å². The van der Waals surface area contributed by atoms with Crippen molar-refractivity contribution >= 4 is 27.6 Å². The van der Waals surface area contributed by atoms with E-state index in [1.165, 1.54) is 31.2 Å². The molecule has 2 aromatic rings. The standard InChI is InChI=1S/C16H16ClNO4S/c1-12(16(19)22-11-13-5-3-2-4-6-13)18-23(20,21)15-9-7-14(17)8-10-15/h2-10,12,18H,11H2,1H3/t12-/m0/s1. The highest BCUT2D eigenvalue weighted by Gasteiger charge is 2.23. The van der Waals surface area contributed by atoms with E-state index >= 15 is 0 Å². The molecule has 0 aliphatic carbocycles. The van der Waals surface area contributed by atoms with Gasteiger partial charge in [-0.15, -0.1) is 0 Å². The summed E-state index contributed by atoms with van der Waals surface area (Å²) >= 11 is 5.73. The highest BCUT2D eigenvalue weighted by molar-refractivity contribution is 7.89. The van der Waals surface area contributed by atoms with Crippen LogP contribution in [-0.2, 0) is 26.2 Å². The van der Waals surface area contributed by atoms with E-state index in [0.717, 1.165) is 5.56 Å². The molecule has 0 heterocycles. The van der Waals surface area contributed by atoms with Crippen LogP contribution >= 0.6 is 11.6 Å². The van der Waals surface area contributed by atoms with E-state index in [1.54, 1.807) is 0 Å². The van der Waals surface area contributed by atoms with Crippen molar-refractivity contribution in [1.29, 1.82) is 0 Å². The molecule has 0 fully saturated rings. The molecule has 0 spiro atoms. The number of sulfonamides is 1. The summed E-state index contributed by atoms with van der Waals surface area (Å²) in [7, 11) is -3.81. The molecule has 1 atom stereocenters. The molecule has 0 aliphatic heterocycles. The Morgan fingerprint density at radius 1 is 1.13 bits per heavy atom. The number of rotatable bonds is 6. The van der Waals surface area contributed by atoms with Crippen molar-refractivity contribution in [3.8, 4) is 0 Å². The third kappa shape index (κ3) is 5.06. The number of benzene rings is 2. The maximum absolute atomic E-state index is 12.2. The third-order valence-corrected chi connectivity index (χ3v) is 4.84.